The first kappa shape index (κ1) is 15.9. The molecule has 1 aromatic carbocycles. The first-order valence-electron chi connectivity index (χ1n) is 5.98. The summed E-state index contributed by atoms with van der Waals surface area (Å²) in [5.41, 5.74) is 1.04. The van der Waals surface area contributed by atoms with Gasteiger partial charge in [0.05, 0.1) is 18.8 Å². The number of methoxy groups -OCH3 is 1. The quantitative estimate of drug-likeness (QED) is 0.681. The van der Waals surface area contributed by atoms with Crippen molar-refractivity contribution in [2.75, 3.05) is 38.8 Å². The Labute approximate surface area is 121 Å². The van der Waals surface area contributed by atoms with Crippen molar-refractivity contribution in [2.45, 2.75) is 6.42 Å². The SMILES string of the molecule is COCCOCCCNc1cc(Br)cc(C(=O)O)c1. The van der Waals surface area contributed by atoms with Crippen LogP contribution in [-0.4, -0.2) is 44.6 Å². The van der Waals surface area contributed by atoms with Crippen molar-refractivity contribution >= 4 is 27.6 Å². The van der Waals surface area contributed by atoms with Crippen molar-refractivity contribution in [3.63, 3.8) is 0 Å². The van der Waals surface area contributed by atoms with Gasteiger partial charge in [-0.2, -0.15) is 0 Å². The van der Waals surface area contributed by atoms with Crippen molar-refractivity contribution in [3.05, 3.63) is 28.2 Å². The Morgan fingerprint density at radius 3 is 2.79 bits per heavy atom. The Bertz CT molecular complexity index is 412. The highest BCUT2D eigenvalue weighted by Gasteiger charge is 2.05. The number of benzene rings is 1. The summed E-state index contributed by atoms with van der Waals surface area (Å²) in [5.74, 6) is -0.938. The molecule has 19 heavy (non-hydrogen) atoms. The summed E-state index contributed by atoms with van der Waals surface area (Å²) >= 11 is 3.29. The van der Waals surface area contributed by atoms with Crippen molar-refractivity contribution in [1.29, 1.82) is 0 Å². The number of ether oxygens (including phenoxy) is 2. The zero-order valence-corrected chi connectivity index (χ0v) is 12.4. The highest BCUT2D eigenvalue weighted by molar-refractivity contribution is 9.10. The number of carboxylic acids is 1. The van der Waals surface area contributed by atoms with Gasteiger partial charge in [-0.3, -0.25) is 0 Å². The third-order valence-electron chi connectivity index (χ3n) is 2.37. The standard InChI is InChI=1S/C13H18BrNO4/c1-18-5-6-19-4-2-3-15-12-8-10(13(16)17)7-11(14)9-12/h7-9,15H,2-6H2,1H3,(H,16,17). The highest BCUT2D eigenvalue weighted by atomic mass is 79.9. The van der Waals surface area contributed by atoms with E-state index in [0.717, 1.165) is 23.1 Å². The molecule has 1 aromatic rings. The molecule has 0 fully saturated rings. The van der Waals surface area contributed by atoms with Crippen LogP contribution in [0.25, 0.3) is 0 Å². The van der Waals surface area contributed by atoms with E-state index in [-0.39, 0.29) is 5.56 Å². The van der Waals surface area contributed by atoms with Crippen molar-refractivity contribution in [3.8, 4) is 0 Å². The van der Waals surface area contributed by atoms with Crippen LogP contribution in [0.3, 0.4) is 0 Å². The van der Waals surface area contributed by atoms with E-state index in [1.807, 2.05) is 6.07 Å². The molecule has 0 aromatic heterocycles. The van der Waals surface area contributed by atoms with Crippen molar-refractivity contribution < 1.29 is 19.4 Å². The lowest BCUT2D eigenvalue weighted by Crippen LogP contribution is -2.09. The number of carboxylic acid groups (broad SMARTS) is 1. The minimum Gasteiger partial charge on any atom is -0.478 e. The molecule has 6 heteroatoms. The number of hydrogen-bond acceptors (Lipinski definition) is 4. The van der Waals surface area contributed by atoms with Gasteiger partial charge in [-0.25, -0.2) is 4.79 Å². The van der Waals surface area contributed by atoms with Crippen LogP contribution < -0.4 is 5.32 Å². The normalized spacial score (nSPS) is 10.4. The molecule has 0 amide bonds. The maximum Gasteiger partial charge on any atom is 0.335 e. The van der Waals surface area contributed by atoms with Crippen molar-refractivity contribution in [2.24, 2.45) is 0 Å². The number of rotatable bonds is 9. The summed E-state index contributed by atoms with van der Waals surface area (Å²) in [5, 5.41) is 12.1. The largest absolute Gasteiger partial charge is 0.478 e. The zero-order chi connectivity index (χ0) is 14.1. The molecule has 0 atom stereocenters. The first-order valence-corrected chi connectivity index (χ1v) is 6.77. The number of carbonyl (C=O) groups is 1. The number of nitrogens with one attached hydrogen (secondary N) is 1. The van der Waals surface area contributed by atoms with Gasteiger partial charge < -0.3 is 19.9 Å². The molecule has 5 nitrogen and oxygen atoms in total. The van der Waals surface area contributed by atoms with Crippen LogP contribution in [0.4, 0.5) is 5.69 Å². The average Bonchev–Trinajstić information content (AvgIpc) is 2.37. The van der Waals surface area contributed by atoms with Gasteiger partial charge in [0.1, 0.15) is 0 Å². The number of aromatic carboxylic acids is 1. The monoisotopic (exact) mass is 331 g/mol. The average molecular weight is 332 g/mol. The fourth-order valence-electron chi connectivity index (χ4n) is 1.47. The molecule has 0 aliphatic heterocycles. The fourth-order valence-corrected chi connectivity index (χ4v) is 1.96. The number of hydrogen-bond donors (Lipinski definition) is 2. The molecule has 0 radical (unpaired) electrons. The maximum absolute atomic E-state index is 10.9. The van der Waals surface area contributed by atoms with Crippen molar-refractivity contribution in [1.82, 2.24) is 0 Å². The zero-order valence-electron chi connectivity index (χ0n) is 10.8. The number of anilines is 1. The Kier molecular flexibility index (Phi) is 7.47. The Morgan fingerprint density at radius 2 is 2.11 bits per heavy atom. The Balaban J connectivity index is 2.31. The Hall–Kier alpha value is -1.11. The lowest BCUT2D eigenvalue weighted by atomic mass is 10.2. The third-order valence-corrected chi connectivity index (χ3v) is 2.83. The van der Waals surface area contributed by atoms with E-state index in [1.54, 1.807) is 19.2 Å². The summed E-state index contributed by atoms with van der Waals surface area (Å²) in [6.45, 7) is 2.57. The van der Waals surface area contributed by atoms with E-state index in [2.05, 4.69) is 21.2 Å². The molecule has 0 unspecified atom stereocenters. The molecule has 1 rings (SSSR count). The maximum atomic E-state index is 10.9. The van der Waals surface area contributed by atoms with E-state index < -0.39 is 5.97 Å². The number of halogens is 1. The molecule has 106 valence electrons. The molecule has 0 bridgehead atoms. The van der Waals surface area contributed by atoms with E-state index in [9.17, 15) is 4.79 Å². The van der Waals surface area contributed by atoms with Gasteiger partial charge in [0.15, 0.2) is 0 Å². The Morgan fingerprint density at radius 1 is 1.32 bits per heavy atom. The van der Waals surface area contributed by atoms with Crippen LogP contribution >= 0.6 is 15.9 Å². The summed E-state index contributed by atoms with van der Waals surface area (Å²) in [4.78, 5) is 10.9. The third kappa shape index (κ3) is 6.56. The summed E-state index contributed by atoms with van der Waals surface area (Å²) < 4.78 is 10.9. The van der Waals surface area contributed by atoms with Crippen LogP contribution in [-0.2, 0) is 9.47 Å². The van der Waals surface area contributed by atoms with Gasteiger partial charge in [0.25, 0.3) is 0 Å². The fraction of sp³-hybridized carbons (Fsp3) is 0.462. The predicted octanol–water partition coefficient (Wildman–Crippen LogP) is 2.61. The first-order chi connectivity index (χ1) is 9.13. The lowest BCUT2D eigenvalue weighted by molar-refractivity contribution is 0.0696. The molecule has 0 saturated carbocycles. The van der Waals surface area contributed by atoms with Crippen LogP contribution in [0.1, 0.15) is 16.8 Å². The van der Waals surface area contributed by atoms with Crippen LogP contribution in [0, 0.1) is 0 Å². The van der Waals surface area contributed by atoms with Crippen LogP contribution in [0.2, 0.25) is 0 Å². The molecular formula is C13H18BrNO4. The second kappa shape index (κ2) is 8.90. The molecule has 0 aliphatic carbocycles. The van der Waals surface area contributed by atoms with Crippen LogP contribution in [0.15, 0.2) is 22.7 Å². The minimum absolute atomic E-state index is 0.258. The summed E-state index contributed by atoms with van der Waals surface area (Å²) in [7, 11) is 1.64. The van der Waals surface area contributed by atoms with Gasteiger partial charge in [0.2, 0.25) is 0 Å². The molecule has 0 spiro atoms. The van der Waals surface area contributed by atoms with Gasteiger partial charge >= 0.3 is 5.97 Å². The van der Waals surface area contributed by atoms with Gasteiger partial charge in [0, 0.05) is 30.4 Å². The summed E-state index contributed by atoms with van der Waals surface area (Å²) in [6.07, 6.45) is 0.846. The molecule has 0 heterocycles. The van der Waals surface area contributed by atoms with Crippen LogP contribution in [0.5, 0.6) is 0 Å². The predicted molar refractivity (Wildman–Crippen MR) is 76.9 cm³/mol. The lowest BCUT2D eigenvalue weighted by Gasteiger charge is -2.08. The molecular weight excluding hydrogens is 314 g/mol. The van der Waals surface area contributed by atoms with Gasteiger partial charge in [-0.1, -0.05) is 15.9 Å². The van der Waals surface area contributed by atoms with E-state index in [4.69, 9.17) is 14.6 Å². The second-order valence-electron chi connectivity index (χ2n) is 3.92. The van der Waals surface area contributed by atoms with E-state index in [0.29, 0.717) is 19.8 Å². The minimum atomic E-state index is -0.938. The highest BCUT2D eigenvalue weighted by Crippen LogP contribution is 2.19. The van der Waals surface area contributed by atoms with E-state index >= 15 is 0 Å². The second-order valence-corrected chi connectivity index (χ2v) is 4.83. The van der Waals surface area contributed by atoms with E-state index in [1.165, 1.54) is 0 Å². The molecule has 2 N–H and O–H groups in total. The van der Waals surface area contributed by atoms with Gasteiger partial charge in [-0.15, -0.1) is 0 Å². The smallest absolute Gasteiger partial charge is 0.335 e. The van der Waals surface area contributed by atoms with Gasteiger partial charge in [-0.05, 0) is 24.6 Å². The summed E-state index contributed by atoms with van der Waals surface area (Å²) in [6, 6.07) is 5.03. The molecule has 0 saturated heterocycles. The molecule has 0 aliphatic rings. The topological polar surface area (TPSA) is 67.8 Å².